The molecule has 1 unspecified atom stereocenters. The highest BCUT2D eigenvalue weighted by Gasteiger charge is 2.15. The average molecular weight is 308 g/mol. The van der Waals surface area contributed by atoms with Crippen molar-refractivity contribution in [2.75, 3.05) is 0 Å². The van der Waals surface area contributed by atoms with Gasteiger partial charge in [0, 0.05) is 9.75 Å². The summed E-state index contributed by atoms with van der Waals surface area (Å²) in [5.41, 5.74) is 1.29. The van der Waals surface area contributed by atoms with Crippen molar-refractivity contribution >= 4 is 50.2 Å². The second kappa shape index (κ2) is 4.35. The van der Waals surface area contributed by atoms with Crippen molar-refractivity contribution in [2.24, 2.45) is 0 Å². The van der Waals surface area contributed by atoms with Gasteiger partial charge in [0.15, 0.2) is 0 Å². The first-order valence-corrected chi connectivity index (χ1v) is 7.16. The minimum Gasteiger partial charge on any atom is -0.149 e. The maximum atomic E-state index is 6.08. The zero-order chi connectivity index (χ0) is 10.1. The third-order valence-corrected chi connectivity index (χ3v) is 5.51. The molecule has 2 heterocycles. The Morgan fingerprint density at radius 1 is 1.43 bits per heavy atom. The van der Waals surface area contributed by atoms with Crippen LogP contribution >= 0.6 is 50.2 Å². The lowest BCUT2D eigenvalue weighted by Gasteiger charge is -2.05. The number of rotatable bonds is 2. The van der Waals surface area contributed by atoms with Gasteiger partial charge >= 0.3 is 0 Å². The molecule has 2 rings (SSSR count). The van der Waals surface area contributed by atoms with Gasteiger partial charge in [-0.15, -0.1) is 22.7 Å². The molecule has 0 saturated carbocycles. The van der Waals surface area contributed by atoms with Gasteiger partial charge in [-0.05, 0) is 35.4 Å². The molecule has 0 aromatic carbocycles. The lowest BCUT2D eigenvalue weighted by atomic mass is 10.2. The van der Waals surface area contributed by atoms with E-state index in [1.54, 1.807) is 22.7 Å². The van der Waals surface area contributed by atoms with E-state index in [1.807, 2.05) is 11.4 Å². The Labute approximate surface area is 105 Å². The van der Waals surface area contributed by atoms with Crippen molar-refractivity contribution in [3.63, 3.8) is 0 Å². The van der Waals surface area contributed by atoms with E-state index in [0.29, 0.717) is 0 Å². The highest BCUT2D eigenvalue weighted by molar-refractivity contribution is 9.09. The molecule has 0 radical (unpaired) electrons. The first kappa shape index (κ1) is 10.7. The number of hydrogen-bond acceptors (Lipinski definition) is 2. The zero-order valence-electron chi connectivity index (χ0n) is 7.46. The third-order valence-electron chi connectivity index (χ3n) is 1.92. The monoisotopic (exact) mass is 306 g/mol. The average Bonchev–Trinajstić information content (AvgIpc) is 2.73. The van der Waals surface area contributed by atoms with E-state index in [-0.39, 0.29) is 4.83 Å². The summed E-state index contributed by atoms with van der Waals surface area (Å²) in [5.74, 6) is 0. The van der Waals surface area contributed by atoms with Crippen LogP contribution in [-0.4, -0.2) is 0 Å². The van der Waals surface area contributed by atoms with Gasteiger partial charge in [0.2, 0.25) is 0 Å². The van der Waals surface area contributed by atoms with E-state index in [1.165, 1.54) is 15.3 Å². The summed E-state index contributed by atoms with van der Waals surface area (Å²) in [6, 6.07) is 4.13. The van der Waals surface area contributed by atoms with Crippen LogP contribution in [0.25, 0.3) is 0 Å². The summed E-state index contributed by atoms with van der Waals surface area (Å²) < 4.78 is 0. The highest BCUT2D eigenvalue weighted by atomic mass is 79.9. The quantitative estimate of drug-likeness (QED) is 0.664. The van der Waals surface area contributed by atoms with E-state index in [2.05, 4.69) is 34.3 Å². The maximum Gasteiger partial charge on any atom is 0.0761 e. The van der Waals surface area contributed by atoms with Gasteiger partial charge < -0.3 is 0 Å². The van der Waals surface area contributed by atoms with Crippen molar-refractivity contribution in [3.8, 4) is 0 Å². The molecule has 0 N–H and O–H groups in total. The topological polar surface area (TPSA) is 0 Å². The SMILES string of the molecule is Cc1cc(C(Br)c2sccc2Cl)cs1. The molecule has 74 valence electrons. The van der Waals surface area contributed by atoms with Gasteiger partial charge in [0.25, 0.3) is 0 Å². The minimum atomic E-state index is 0.236. The van der Waals surface area contributed by atoms with Crippen LogP contribution in [0.3, 0.4) is 0 Å². The van der Waals surface area contributed by atoms with E-state index in [0.717, 1.165) is 5.02 Å². The summed E-state index contributed by atoms with van der Waals surface area (Å²) in [6.45, 7) is 2.11. The minimum absolute atomic E-state index is 0.236. The molecule has 0 saturated heterocycles. The molecule has 0 fully saturated rings. The number of halogens is 2. The molecule has 1 atom stereocenters. The van der Waals surface area contributed by atoms with E-state index in [4.69, 9.17) is 11.6 Å². The van der Waals surface area contributed by atoms with Crippen LogP contribution in [0.4, 0.5) is 0 Å². The molecular weight excluding hydrogens is 300 g/mol. The Kier molecular flexibility index (Phi) is 3.32. The Morgan fingerprint density at radius 2 is 2.21 bits per heavy atom. The van der Waals surface area contributed by atoms with E-state index in [9.17, 15) is 0 Å². The lowest BCUT2D eigenvalue weighted by molar-refractivity contribution is 1.24. The normalized spacial score (nSPS) is 13.1. The van der Waals surface area contributed by atoms with Crippen molar-refractivity contribution in [3.05, 3.63) is 43.2 Å². The van der Waals surface area contributed by atoms with Crippen LogP contribution in [0.2, 0.25) is 5.02 Å². The van der Waals surface area contributed by atoms with Crippen LogP contribution in [-0.2, 0) is 0 Å². The van der Waals surface area contributed by atoms with Crippen molar-refractivity contribution < 1.29 is 0 Å². The smallest absolute Gasteiger partial charge is 0.0761 e. The van der Waals surface area contributed by atoms with Crippen LogP contribution in [0.1, 0.15) is 20.1 Å². The van der Waals surface area contributed by atoms with Crippen molar-refractivity contribution in [1.82, 2.24) is 0 Å². The Morgan fingerprint density at radius 3 is 2.71 bits per heavy atom. The Bertz CT molecular complexity index is 433. The van der Waals surface area contributed by atoms with Gasteiger partial charge in [-0.25, -0.2) is 0 Å². The molecule has 0 aliphatic heterocycles. The van der Waals surface area contributed by atoms with Gasteiger partial charge in [0.05, 0.1) is 9.85 Å². The van der Waals surface area contributed by atoms with Crippen LogP contribution in [0.15, 0.2) is 22.9 Å². The van der Waals surface area contributed by atoms with Gasteiger partial charge in [0.1, 0.15) is 0 Å². The number of alkyl halides is 1. The predicted octanol–water partition coefficient (Wildman–Crippen LogP) is 5.26. The molecule has 0 amide bonds. The van der Waals surface area contributed by atoms with Crippen LogP contribution < -0.4 is 0 Å². The number of thiophene rings is 2. The maximum absolute atomic E-state index is 6.08. The molecule has 0 spiro atoms. The zero-order valence-corrected chi connectivity index (χ0v) is 11.4. The van der Waals surface area contributed by atoms with Gasteiger partial charge in [-0.3, -0.25) is 0 Å². The molecule has 0 aliphatic carbocycles. The number of hydrogen-bond donors (Lipinski definition) is 0. The molecule has 4 heteroatoms. The van der Waals surface area contributed by atoms with Crippen LogP contribution in [0.5, 0.6) is 0 Å². The predicted molar refractivity (Wildman–Crippen MR) is 69.2 cm³/mol. The first-order chi connectivity index (χ1) is 6.68. The summed E-state index contributed by atoms with van der Waals surface area (Å²) in [6.07, 6.45) is 0. The standard InChI is InChI=1S/C10H8BrClS2/c1-6-4-7(5-14-6)9(11)10-8(12)2-3-13-10/h2-5,9H,1H3. The molecule has 14 heavy (non-hydrogen) atoms. The molecular formula is C10H8BrClS2. The lowest BCUT2D eigenvalue weighted by Crippen LogP contribution is -1.86. The molecule has 0 nitrogen and oxygen atoms in total. The van der Waals surface area contributed by atoms with Gasteiger partial charge in [-0.2, -0.15) is 0 Å². The summed E-state index contributed by atoms with van der Waals surface area (Å²) in [7, 11) is 0. The summed E-state index contributed by atoms with van der Waals surface area (Å²) in [5, 5.41) is 5.04. The van der Waals surface area contributed by atoms with Crippen LogP contribution in [0, 0.1) is 6.92 Å². The molecule has 2 aromatic heterocycles. The van der Waals surface area contributed by atoms with E-state index >= 15 is 0 Å². The van der Waals surface area contributed by atoms with Crippen molar-refractivity contribution in [2.45, 2.75) is 11.8 Å². The fourth-order valence-corrected chi connectivity index (χ4v) is 4.27. The largest absolute Gasteiger partial charge is 0.149 e. The third kappa shape index (κ3) is 2.06. The van der Waals surface area contributed by atoms with Crippen molar-refractivity contribution in [1.29, 1.82) is 0 Å². The Hall–Kier alpha value is 0.170. The molecule has 0 aliphatic rings. The van der Waals surface area contributed by atoms with E-state index < -0.39 is 0 Å². The summed E-state index contributed by atoms with van der Waals surface area (Å²) >= 11 is 13.2. The second-order valence-corrected chi connectivity index (χ2v) is 6.37. The molecule has 0 bridgehead atoms. The molecule has 2 aromatic rings. The van der Waals surface area contributed by atoms with Gasteiger partial charge in [-0.1, -0.05) is 27.5 Å². The highest BCUT2D eigenvalue weighted by Crippen LogP contribution is 2.39. The Balaban J connectivity index is 2.33. The summed E-state index contributed by atoms with van der Waals surface area (Å²) in [4.78, 5) is 2.75. The fourth-order valence-electron chi connectivity index (χ4n) is 1.23. The second-order valence-electron chi connectivity index (χ2n) is 2.99. The number of aryl methyl sites for hydroxylation is 1. The first-order valence-electron chi connectivity index (χ1n) is 4.10. The fraction of sp³-hybridized carbons (Fsp3) is 0.200.